The Hall–Kier alpha value is -0.900. The number of rotatable bonds is 4. The van der Waals surface area contributed by atoms with Crippen LogP contribution in [0.3, 0.4) is 0 Å². The quantitative estimate of drug-likeness (QED) is 0.907. The third-order valence-corrected chi connectivity index (χ3v) is 5.23. The second kappa shape index (κ2) is 5.00. The van der Waals surface area contributed by atoms with Gasteiger partial charge >= 0.3 is 0 Å². The molecule has 0 aliphatic carbocycles. The SMILES string of the molecule is CCN(C1CNC1)C(C)c1cc2ccccc2s1. The van der Waals surface area contributed by atoms with Gasteiger partial charge in [-0.1, -0.05) is 25.1 Å². The van der Waals surface area contributed by atoms with Crippen LogP contribution in [0.1, 0.15) is 24.8 Å². The molecule has 2 nitrogen and oxygen atoms in total. The fourth-order valence-corrected chi connectivity index (χ4v) is 3.87. The van der Waals surface area contributed by atoms with E-state index in [4.69, 9.17) is 0 Å². The van der Waals surface area contributed by atoms with Gasteiger partial charge in [0.1, 0.15) is 0 Å². The van der Waals surface area contributed by atoms with Crippen molar-refractivity contribution in [3.63, 3.8) is 0 Å². The Kier molecular flexibility index (Phi) is 3.37. The Balaban J connectivity index is 1.87. The Bertz CT molecular complexity index is 497. The highest BCUT2D eigenvalue weighted by atomic mass is 32.1. The van der Waals surface area contributed by atoms with Gasteiger partial charge in [0.15, 0.2) is 0 Å². The van der Waals surface area contributed by atoms with Crippen LogP contribution in [0, 0.1) is 0 Å². The van der Waals surface area contributed by atoms with Gasteiger partial charge in [-0.3, -0.25) is 4.90 Å². The van der Waals surface area contributed by atoms with Crippen LogP contribution in [-0.4, -0.2) is 30.6 Å². The van der Waals surface area contributed by atoms with Gasteiger partial charge in [0.25, 0.3) is 0 Å². The Morgan fingerprint density at radius 2 is 2.17 bits per heavy atom. The molecule has 96 valence electrons. The first-order valence-corrected chi connectivity index (χ1v) is 7.56. The van der Waals surface area contributed by atoms with Crippen LogP contribution in [0.4, 0.5) is 0 Å². The third-order valence-electron chi connectivity index (χ3n) is 3.95. The smallest absolute Gasteiger partial charge is 0.0417 e. The Morgan fingerprint density at radius 3 is 2.78 bits per heavy atom. The molecule has 0 radical (unpaired) electrons. The highest BCUT2D eigenvalue weighted by Crippen LogP contribution is 2.33. The van der Waals surface area contributed by atoms with Crippen LogP contribution < -0.4 is 5.32 Å². The normalized spacial score (nSPS) is 18.2. The average Bonchev–Trinajstić information content (AvgIpc) is 2.76. The van der Waals surface area contributed by atoms with Gasteiger partial charge in [-0.25, -0.2) is 0 Å². The monoisotopic (exact) mass is 260 g/mol. The minimum Gasteiger partial charge on any atom is -0.314 e. The maximum Gasteiger partial charge on any atom is 0.0417 e. The molecule has 1 fully saturated rings. The molecule has 1 saturated heterocycles. The van der Waals surface area contributed by atoms with E-state index in [9.17, 15) is 0 Å². The number of hydrogen-bond donors (Lipinski definition) is 1. The molecule has 1 aliphatic heterocycles. The fourth-order valence-electron chi connectivity index (χ4n) is 2.73. The number of benzene rings is 1. The first kappa shape index (κ1) is 12.2. The summed E-state index contributed by atoms with van der Waals surface area (Å²) in [6, 6.07) is 12.3. The second-order valence-electron chi connectivity index (χ2n) is 5.01. The molecule has 3 heteroatoms. The first-order valence-electron chi connectivity index (χ1n) is 6.74. The zero-order valence-corrected chi connectivity index (χ0v) is 11.8. The van der Waals surface area contributed by atoms with Crippen molar-refractivity contribution in [3.8, 4) is 0 Å². The van der Waals surface area contributed by atoms with E-state index in [0.29, 0.717) is 6.04 Å². The van der Waals surface area contributed by atoms with Crippen LogP contribution in [0.2, 0.25) is 0 Å². The fraction of sp³-hybridized carbons (Fsp3) is 0.467. The largest absolute Gasteiger partial charge is 0.314 e. The summed E-state index contributed by atoms with van der Waals surface area (Å²) in [4.78, 5) is 4.10. The molecule has 0 bridgehead atoms. The van der Waals surface area contributed by atoms with Gasteiger partial charge in [0.2, 0.25) is 0 Å². The molecule has 3 rings (SSSR count). The third kappa shape index (κ3) is 2.07. The number of thiophene rings is 1. The summed E-state index contributed by atoms with van der Waals surface area (Å²) < 4.78 is 1.40. The van der Waals surface area contributed by atoms with E-state index in [-0.39, 0.29) is 0 Å². The molecular formula is C15H20N2S. The van der Waals surface area contributed by atoms with Gasteiger partial charge < -0.3 is 5.32 Å². The van der Waals surface area contributed by atoms with E-state index < -0.39 is 0 Å². The van der Waals surface area contributed by atoms with Gasteiger partial charge in [0.05, 0.1) is 0 Å². The molecule has 0 amide bonds. The van der Waals surface area contributed by atoms with E-state index in [2.05, 4.69) is 54.4 Å². The van der Waals surface area contributed by atoms with Crippen molar-refractivity contribution < 1.29 is 0 Å². The Labute approximate surface area is 113 Å². The lowest BCUT2D eigenvalue weighted by atomic mass is 10.1. The minimum atomic E-state index is 0.527. The summed E-state index contributed by atoms with van der Waals surface area (Å²) in [5, 5.41) is 4.75. The van der Waals surface area contributed by atoms with E-state index in [1.54, 1.807) is 0 Å². The number of fused-ring (bicyclic) bond motifs is 1. The molecular weight excluding hydrogens is 240 g/mol. The van der Waals surface area contributed by atoms with Gasteiger partial charge in [-0.15, -0.1) is 11.3 Å². The van der Waals surface area contributed by atoms with Crippen LogP contribution in [0.15, 0.2) is 30.3 Å². The number of nitrogens with one attached hydrogen (secondary N) is 1. The van der Waals surface area contributed by atoms with Gasteiger partial charge in [-0.05, 0) is 31.0 Å². The molecule has 0 saturated carbocycles. The zero-order valence-electron chi connectivity index (χ0n) is 11.0. The predicted molar refractivity (Wildman–Crippen MR) is 79.3 cm³/mol. The van der Waals surface area contributed by atoms with E-state index in [0.717, 1.165) is 25.7 Å². The first-order chi connectivity index (χ1) is 8.79. The molecule has 1 N–H and O–H groups in total. The Morgan fingerprint density at radius 1 is 1.39 bits per heavy atom. The highest BCUT2D eigenvalue weighted by Gasteiger charge is 2.28. The lowest BCUT2D eigenvalue weighted by Crippen LogP contribution is -2.57. The summed E-state index contributed by atoms with van der Waals surface area (Å²) >= 11 is 1.94. The molecule has 1 aromatic carbocycles. The minimum absolute atomic E-state index is 0.527. The van der Waals surface area contributed by atoms with E-state index >= 15 is 0 Å². The molecule has 0 spiro atoms. The maximum absolute atomic E-state index is 3.37. The van der Waals surface area contributed by atoms with Crippen molar-refractivity contribution in [2.75, 3.05) is 19.6 Å². The molecule has 1 aliphatic rings. The van der Waals surface area contributed by atoms with Crippen molar-refractivity contribution in [1.29, 1.82) is 0 Å². The van der Waals surface area contributed by atoms with Crippen molar-refractivity contribution >= 4 is 21.4 Å². The summed E-state index contributed by atoms with van der Waals surface area (Å²) in [5.74, 6) is 0. The molecule has 1 aromatic heterocycles. The zero-order chi connectivity index (χ0) is 12.5. The lowest BCUT2D eigenvalue weighted by Gasteiger charge is -2.41. The predicted octanol–water partition coefficient (Wildman–Crippen LogP) is 3.26. The lowest BCUT2D eigenvalue weighted by molar-refractivity contribution is 0.111. The number of hydrogen-bond acceptors (Lipinski definition) is 3. The van der Waals surface area contributed by atoms with Gasteiger partial charge in [-0.2, -0.15) is 0 Å². The topological polar surface area (TPSA) is 15.3 Å². The summed E-state index contributed by atoms with van der Waals surface area (Å²) in [6.07, 6.45) is 0. The van der Waals surface area contributed by atoms with Crippen LogP contribution in [0.5, 0.6) is 0 Å². The van der Waals surface area contributed by atoms with Crippen LogP contribution in [-0.2, 0) is 0 Å². The summed E-state index contributed by atoms with van der Waals surface area (Å²) in [5.41, 5.74) is 0. The van der Waals surface area contributed by atoms with Gasteiger partial charge in [0, 0.05) is 34.8 Å². The van der Waals surface area contributed by atoms with Crippen LogP contribution in [0.25, 0.3) is 10.1 Å². The number of nitrogens with zero attached hydrogens (tertiary/aromatic N) is 1. The molecule has 18 heavy (non-hydrogen) atoms. The van der Waals surface area contributed by atoms with E-state index in [1.807, 2.05) is 11.3 Å². The number of likely N-dealkylation sites (N-methyl/N-ethyl adjacent to an activating group) is 1. The molecule has 1 atom stereocenters. The van der Waals surface area contributed by atoms with Crippen molar-refractivity contribution in [2.45, 2.75) is 25.9 Å². The average molecular weight is 260 g/mol. The van der Waals surface area contributed by atoms with Crippen molar-refractivity contribution in [1.82, 2.24) is 10.2 Å². The van der Waals surface area contributed by atoms with Crippen molar-refractivity contribution in [3.05, 3.63) is 35.2 Å². The maximum atomic E-state index is 3.37. The van der Waals surface area contributed by atoms with E-state index in [1.165, 1.54) is 15.0 Å². The summed E-state index contributed by atoms with van der Waals surface area (Å²) in [6.45, 7) is 8.02. The van der Waals surface area contributed by atoms with Crippen LogP contribution >= 0.6 is 11.3 Å². The standard InChI is InChI=1S/C15H20N2S/c1-3-17(13-9-16-10-13)11(2)15-8-12-6-4-5-7-14(12)18-15/h4-8,11,13,16H,3,9-10H2,1-2H3. The molecule has 2 heterocycles. The second-order valence-corrected chi connectivity index (χ2v) is 6.12. The highest BCUT2D eigenvalue weighted by molar-refractivity contribution is 7.19. The molecule has 1 unspecified atom stereocenters. The molecule has 2 aromatic rings. The summed E-state index contributed by atoms with van der Waals surface area (Å²) in [7, 11) is 0. The van der Waals surface area contributed by atoms with Crippen molar-refractivity contribution in [2.24, 2.45) is 0 Å².